The fraction of sp³-hybridized carbons (Fsp3) is 0.412. The average Bonchev–Trinajstić information content (AvgIpc) is 3.11. The van der Waals surface area contributed by atoms with Crippen LogP contribution in [-0.4, -0.2) is 45.8 Å². The monoisotopic (exact) mass is 410 g/mol. The number of halogens is 2. The van der Waals surface area contributed by atoms with E-state index in [4.69, 9.17) is 0 Å². The summed E-state index contributed by atoms with van der Waals surface area (Å²) in [6, 6.07) is 8.59. The fourth-order valence-corrected chi connectivity index (χ4v) is 4.04. The zero-order valence-corrected chi connectivity index (χ0v) is 15.6. The van der Waals surface area contributed by atoms with Crippen molar-refractivity contribution in [2.75, 3.05) is 13.1 Å². The largest absolute Gasteiger partial charge is 0.331 e. The number of amides is 1. The standard InChI is InChI=1S/C17H19BrN4O.ClH/c18-13-2-1-3-15(8-13)21-11-12(9-20-21)17(23)22-14-4-5-16(22)10-19-7-6-14;/h1-3,8-9,11,14,16,19H,4-7,10H2;1H. The maximum Gasteiger partial charge on any atom is 0.257 e. The minimum atomic E-state index is 0. The Kier molecular flexibility index (Phi) is 5.27. The molecule has 2 unspecified atom stereocenters. The summed E-state index contributed by atoms with van der Waals surface area (Å²) in [7, 11) is 0. The van der Waals surface area contributed by atoms with Crippen molar-refractivity contribution in [1.29, 1.82) is 0 Å². The molecule has 4 rings (SSSR count). The first kappa shape index (κ1) is 17.5. The van der Waals surface area contributed by atoms with Crippen LogP contribution in [0.3, 0.4) is 0 Å². The lowest BCUT2D eigenvalue weighted by Gasteiger charge is -2.27. The van der Waals surface area contributed by atoms with Gasteiger partial charge in [-0.25, -0.2) is 4.68 Å². The SMILES string of the molecule is Cl.O=C(c1cnn(-c2cccc(Br)c2)c1)N1C2CCNCC1CC2. The van der Waals surface area contributed by atoms with Crippen molar-refractivity contribution in [3.05, 3.63) is 46.7 Å². The van der Waals surface area contributed by atoms with Crippen molar-refractivity contribution in [2.45, 2.75) is 31.3 Å². The lowest BCUT2D eigenvalue weighted by molar-refractivity contribution is 0.0680. The van der Waals surface area contributed by atoms with E-state index in [1.165, 1.54) is 0 Å². The Bertz CT molecular complexity index is 721. The zero-order valence-electron chi connectivity index (χ0n) is 13.2. The second kappa shape index (κ2) is 7.25. The molecule has 1 aromatic heterocycles. The summed E-state index contributed by atoms with van der Waals surface area (Å²) in [4.78, 5) is 15.0. The average molecular weight is 412 g/mol. The van der Waals surface area contributed by atoms with E-state index in [2.05, 4.69) is 31.2 Å². The molecular formula is C17H20BrClN4O. The Morgan fingerprint density at radius 2 is 2.08 bits per heavy atom. The highest BCUT2D eigenvalue weighted by Crippen LogP contribution is 2.29. The Morgan fingerprint density at radius 1 is 1.25 bits per heavy atom. The molecule has 0 aliphatic carbocycles. The molecule has 0 radical (unpaired) electrons. The summed E-state index contributed by atoms with van der Waals surface area (Å²) in [6.45, 7) is 1.91. The number of nitrogens with one attached hydrogen (secondary N) is 1. The smallest absolute Gasteiger partial charge is 0.257 e. The van der Waals surface area contributed by atoms with Crippen LogP contribution in [-0.2, 0) is 0 Å². The van der Waals surface area contributed by atoms with Gasteiger partial charge in [0.25, 0.3) is 5.91 Å². The highest BCUT2D eigenvalue weighted by molar-refractivity contribution is 9.10. The van der Waals surface area contributed by atoms with Crippen molar-refractivity contribution < 1.29 is 4.79 Å². The van der Waals surface area contributed by atoms with Gasteiger partial charge in [0.05, 0.1) is 17.4 Å². The first-order valence-corrected chi connectivity index (χ1v) is 8.85. The molecule has 2 aromatic rings. The van der Waals surface area contributed by atoms with Crippen LogP contribution < -0.4 is 5.32 Å². The van der Waals surface area contributed by atoms with E-state index in [1.54, 1.807) is 10.9 Å². The van der Waals surface area contributed by atoms with Crippen LogP contribution in [0.15, 0.2) is 41.1 Å². The summed E-state index contributed by atoms with van der Waals surface area (Å²) in [5, 5.41) is 7.80. The first-order valence-electron chi connectivity index (χ1n) is 8.06. The number of benzene rings is 1. The van der Waals surface area contributed by atoms with Gasteiger partial charge in [0, 0.05) is 29.3 Å². The number of hydrogen-bond donors (Lipinski definition) is 1. The van der Waals surface area contributed by atoms with Crippen molar-refractivity contribution in [2.24, 2.45) is 0 Å². The number of hydrogen-bond acceptors (Lipinski definition) is 3. The Morgan fingerprint density at radius 3 is 2.92 bits per heavy atom. The molecule has 5 nitrogen and oxygen atoms in total. The van der Waals surface area contributed by atoms with Crippen molar-refractivity contribution in [1.82, 2.24) is 20.0 Å². The highest BCUT2D eigenvalue weighted by Gasteiger charge is 2.38. The molecule has 2 saturated heterocycles. The van der Waals surface area contributed by atoms with Gasteiger partial charge in [-0.3, -0.25) is 4.79 Å². The van der Waals surface area contributed by atoms with Crippen LogP contribution in [0.1, 0.15) is 29.6 Å². The molecule has 1 N–H and O–H groups in total. The lowest BCUT2D eigenvalue weighted by atomic mass is 10.1. The van der Waals surface area contributed by atoms with Crippen molar-refractivity contribution in [3.63, 3.8) is 0 Å². The quantitative estimate of drug-likeness (QED) is 0.826. The van der Waals surface area contributed by atoms with Crippen LogP contribution in [0.2, 0.25) is 0 Å². The molecule has 1 aromatic carbocycles. The molecule has 2 aliphatic rings. The molecule has 1 amide bonds. The van der Waals surface area contributed by atoms with Gasteiger partial charge in [0.2, 0.25) is 0 Å². The van der Waals surface area contributed by atoms with Crippen LogP contribution >= 0.6 is 28.3 Å². The molecular weight excluding hydrogens is 392 g/mol. The summed E-state index contributed by atoms with van der Waals surface area (Å²) < 4.78 is 2.76. The van der Waals surface area contributed by atoms with Gasteiger partial charge in [-0.15, -0.1) is 12.4 Å². The molecule has 128 valence electrons. The Labute approximate surface area is 155 Å². The van der Waals surface area contributed by atoms with E-state index in [1.807, 2.05) is 30.5 Å². The number of nitrogens with zero attached hydrogens (tertiary/aromatic N) is 3. The molecule has 0 saturated carbocycles. The summed E-state index contributed by atoms with van der Waals surface area (Å²) in [5.74, 6) is 0.113. The second-order valence-corrected chi connectivity index (χ2v) is 7.16. The van der Waals surface area contributed by atoms with Gasteiger partial charge < -0.3 is 10.2 Å². The predicted molar refractivity (Wildman–Crippen MR) is 99.0 cm³/mol. The van der Waals surface area contributed by atoms with E-state index in [-0.39, 0.29) is 18.3 Å². The van der Waals surface area contributed by atoms with Crippen LogP contribution in [0.5, 0.6) is 0 Å². The van der Waals surface area contributed by atoms with Gasteiger partial charge in [0.15, 0.2) is 0 Å². The van der Waals surface area contributed by atoms with Crippen LogP contribution in [0, 0.1) is 0 Å². The Hall–Kier alpha value is -1.37. The lowest BCUT2D eigenvalue weighted by Crippen LogP contribution is -2.42. The van der Waals surface area contributed by atoms with Crippen LogP contribution in [0.25, 0.3) is 5.69 Å². The van der Waals surface area contributed by atoms with Gasteiger partial charge in [-0.2, -0.15) is 5.10 Å². The molecule has 7 heteroatoms. The van der Waals surface area contributed by atoms with Gasteiger partial charge in [0.1, 0.15) is 0 Å². The predicted octanol–water partition coefficient (Wildman–Crippen LogP) is 3.02. The normalized spacial score (nSPS) is 22.8. The molecule has 2 fully saturated rings. The van der Waals surface area contributed by atoms with E-state index < -0.39 is 0 Å². The number of fused-ring (bicyclic) bond motifs is 2. The van der Waals surface area contributed by atoms with E-state index in [0.29, 0.717) is 17.6 Å². The third kappa shape index (κ3) is 3.23. The summed E-state index contributed by atoms with van der Waals surface area (Å²) >= 11 is 3.47. The fourth-order valence-electron chi connectivity index (χ4n) is 3.66. The van der Waals surface area contributed by atoms with Crippen molar-refractivity contribution >= 4 is 34.2 Å². The number of carbonyl (C=O) groups excluding carboxylic acids is 1. The number of rotatable bonds is 2. The van der Waals surface area contributed by atoms with Crippen molar-refractivity contribution in [3.8, 4) is 5.69 Å². The molecule has 3 heterocycles. The molecule has 0 spiro atoms. The van der Waals surface area contributed by atoms with E-state index in [9.17, 15) is 4.79 Å². The minimum absolute atomic E-state index is 0. The maximum absolute atomic E-state index is 13.0. The molecule has 2 aliphatic heterocycles. The second-order valence-electron chi connectivity index (χ2n) is 6.24. The van der Waals surface area contributed by atoms with E-state index >= 15 is 0 Å². The first-order chi connectivity index (χ1) is 11.2. The third-order valence-electron chi connectivity index (χ3n) is 4.79. The number of carbonyl (C=O) groups is 1. The summed E-state index contributed by atoms with van der Waals surface area (Å²) in [6.07, 6.45) is 6.78. The highest BCUT2D eigenvalue weighted by atomic mass is 79.9. The minimum Gasteiger partial charge on any atom is -0.331 e. The third-order valence-corrected chi connectivity index (χ3v) is 5.28. The zero-order chi connectivity index (χ0) is 15.8. The summed E-state index contributed by atoms with van der Waals surface area (Å²) in [5.41, 5.74) is 1.61. The molecule has 2 bridgehead atoms. The Balaban J connectivity index is 0.00000169. The maximum atomic E-state index is 13.0. The topological polar surface area (TPSA) is 50.2 Å². The molecule has 24 heavy (non-hydrogen) atoms. The van der Waals surface area contributed by atoms with E-state index in [0.717, 1.165) is 42.5 Å². The van der Waals surface area contributed by atoms with Gasteiger partial charge in [-0.05, 0) is 44.0 Å². The van der Waals surface area contributed by atoms with Gasteiger partial charge in [-0.1, -0.05) is 22.0 Å². The number of aromatic nitrogens is 2. The van der Waals surface area contributed by atoms with Gasteiger partial charge >= 0.3 is 0 Å². The van der Waals surface area contributed by atoms with Crippen LogP contribution in [0.4, 0.5) is 0 Å². The molecule has 2 atom stereocenters.